The molecule has 0 radical (unpaired) electrons. The Balaban J connectivity index is 3.03. The predicted octanol–water partition coefficient (Wildman–Crippen LogP) is 1.47. The van der Waals surface area contributed by atoms with E-state index in [1.807, 2.05) is 6.92 Å². The molecule has 0 heterocycles. The van der Waals surface area contributed by atoms with E-state index in [1.165, 1.54) is 7.05 Å². The third kappa shape index (κ3) is 3.28. The zero-order valence-corrected chi connectivity index (χ0v) is 11.2. The highest BCUT2D eigenvalue weighted by Crippen LogP contribution is 2.24. The van der Waals surface area contributed by atoms with Crippen LogP contribution < -0.4 is 4.72 Å². The van der Waals surface area contributed by atoms with Gasteiger partial charge in [-0.2, -0.15) is 0 Å². The highest BCUT2D eigenvalue weighted by atomic mass is 32.2. The molecule has 1 aromatic carbocycles. The Morgan fingerprint density at radius 1 is 1.29 bits per heavy atom. The average molecular weight is 257 g/mol. The molecule has 4 nitrogen and oxygen atoms in total. The molecule has 0 aliphatic rings. The molecule has 1 aromatic rings. The van der Waals surface area contributed by atoms with Crippen molar-refractivity contribution < 1.29 is 13.5 Å². The van der Waals surface area contributed by atoms with Crippen molar-refractivity contribution in [1.82, 2.24) is 4.72 Å². The Labute approximate surface area is 103 Å². The summed E-state index contributed by atoms with van der Waals surface area (Å²) in [4.78, 5) is 0.240. The number of hydrogen-bond acceptors (Lipinski definition) is 3. The van der Waals surface area contributed by atoms with Gasteiger partial charge in [0.25, 0.3) is 0 Å². The number of nitrogens with one attached hydrogen (secondary N) is 1. The summed E-state index contributed by atoms with van der Waals surface area (Å²) < 4.78 is 25.3. The number of hydrogen-bond donors (Lipinski definition) is 2. The van der Waals surface area contributed by atoms with Gasteiger partial charge in [-0.3, -0.25) is 0 Å². The van der Waals surface area contributed by atoms with Crippen LogP contribution in [0.15, 0.2) is 29.2 Å². The first kappa shape index (κ1) is 14.2. The lowest BCUT2D eigenvalue weighted by molar-refractivity contribution is 0.160. The van der Waals surface area contributed by atoms with Crippen LogP contribution in [0.3, 0.4) is 0 Å². The number of rotatable bonds is 5. The maximum absolute atomic E-state index is 11.5. The third-order valence-corrected chi connectivity index (χ3v) is 4.34. The van der Waals surface area contributed by atoms with Crippen molar-refractivity contribution in [3.8, 4) is 0 Å². The summed E-state index contributed by atoms with van der Waals surface area (Å²) >= 11 is 0. The minimum Gasteiger partial charge on any atom is -0.393 e. The molecule has 0 saturated heterocycles. The van der Waals surface area contributed by atoms with Crippen LogP contribution in [0.25, 0.3) is 0 Å². The van der Waals surface area contributed by atoms with Crippen LogP contribution in [0.5, 0.6) is 0 Å². The summed E-state index contributed by atoms with van der Waals surface area (Å²) in [6.45, 7) is 3.74. The first-order chi connectivity index (χ1) is 7.92. The van der Waals surface area contributed by atoms with Crippen molar-refractivity contribution in [3.63, 3.8) is 0 Å². The van der Waals surface area contributed by atoms with Gasteiger partial charge in [-0.1, -0.05) is 19.1 Å². The van der Waals surface area contributed by atoms with E-state index in [1.54, 1.807) is 31.2 Å². The molecule has 2 unspecified atom stereocenters. The van der Waals surface area contributed by atoms with Crippen molar-refractivity contribution >= 4 is 10.0 Å². The highest BCUT2D eigenvalue weighted by Gasteiger charge is 2.16. The Morgan fingerprint density at radius 3 is 2.18 bits per heavy atom. The van der Waals surface area contributed by atoms with E-state index in [9.17, 15) is 13.5 Å². The molecule has 0 aliphatic heterocycles. The lowest BCUT2D eigenvalue weighted by Gasteiger charge is -2.18. The van der Waals surface area contributed by atoms with Crippen LogP contribution in [0.4, 0.5) is 0 Å². The van der Waals surface area contributed by atoms with Gasteiger partial charge in [-0.05, 0) is 38.1 Å². The van der Waals surface area contributed by atoms with E-state index in [2.05, 4.69) is 4.72 Å². The lowest BCUT2D eigenvalue weighted by atomic mass is 9.92. The number of sulfonamides is 1. The van der Waals surface area contributed by atoms with Gasteiger partial charge in [0, 0.05) is 5.92 Å². The topological polar surface area (TPSA) is 66.4 Å². The normalized spacial score (nSPS) is 15.5. The summed E-state index contributed by atoms with van der Waals surface area (Å²) in [5.41, 5.74) is 0.956. The fraction of sp³-hybridized carbons (Fsp3) is 0.500. The van der Waals surface area contributed by atoms with Crippen molar-refractivity contribution in [2.24, 2.45) is 0 Å². The largest absolute Gasteiger partial charge is 0.393 e. The molecule has 5 heteroatoms. The number of aliphatic hydroxyl groups is 1. The Kier molecular flexibility index (Phi) is 4.68. The van der Waals surface area contributed by atoms with E-state index in [4.69, 9.17) is 0 Å². The molecule has 0 aliphatic carbocycles. The van der Waals surface area contributed by atoms with Gasteiger partial charge in [0.15, 0.2) is 0 Å². The van der Waals surface area contributed by atoms with Gasteiger partial charge in [0.05, 0.1) is 11.0 Å². The molecule has 0 spiro atoms. The smallest absolute Gasteiger partial charge is 0.240 e. The molecule has 17 heavy (non-hydrogen) atoms. The van der Waals surface area contributed by atoms with Gasteiger partial charge < -0.3 is 5.11 Å². The second-order valence-electron chi connectivity index (χ2n) is 4.03. The predicted molar refractivity (Wildman–Crippen MR) is 67.4 cm³/mol. The quantitative estimate of drug-likeness (QED) is 0.839. The molecule has 0 fully saturated rings. The highest BCUT2D eigenvalue weighted by molar-refractivity contribution is 7.89. The van der Waals surface area contributed by atoms with Crippen molar-refractivity contribution in [3.05, 3.63) is 29.8 Å². The molecular weight excluding hydrogens is 238 g/mol. The molecule has 0 amide bonds. The van der Waals surface area contributed by atoms with Gasteiger partial charge in [-0.25, -0.2) is 13.1 Å². The van der Waals surface area contributed by atoms with E-state index < -0.39 is 16.1 Å². The molecule has 2 atom stereocenters. The Morgan fingerprint density at radius 2 is 1.82 bits per heavy atom. The summed E-state index contributed by atoms with van der Waals surface area (Å²) in [6, 6.07) is 6.63. The van der Waals surface area contributed by atoms with Crippen LogP contribution in [0.2, 0.25) is 0 Å². The van der Waals surface area contributed by atoms with Gasteiger partial charge in [0.1, 0.15) is 0 Å². The minimum absolute atomic E-state index is 0.0429. The maximum atomic E-state index is 11.5. The Hall–Kier alpha value is -0.910. The fourth-order valence-corrected chi connectivity index (χ4v) is 2.60. The Bertz CT molecular complexity index is 451. The second kappa shape index (κ2) is 5.62. The summed E-state index contributed by atoms with van der Waals surface area (Å²) in [5.74, 6) is 0.0429. The molecule has 1 rings (SSSR count). The van der Waals surface area contributed by atoms with Gasteiger partial charge in [0.2, 0.25) is 10.0 Å². The minimum atomic E-state index is -3.38. The van der Waals surface area contributed by atoms with E-state index >= 15 is 0 Å². The molecule has 96 valence electrons. The maximum Gasteiger partial charge on any atom is 0.240 e. The van der Waals surface area contributed by atoms with Crippen LogP contribution in [-0.2, 0) is 10.0 Å². The van der Waals surface area contributed by atoms with Crippen molar-refractivity contribution in [2.45, 2.75) is 37.2 Å². The van der Waals surface area contributed by atoms with Crippen LogP contribution in [0, 0.1) is 0 Å². The molecule has 0 bridgehead atoms. The third-order valence-electron chi connectivity index (χ3n) is 2.91. The zero-order valence-electron chi connectivity index (χ0n) is 10.3. The van der Waals surface area contributed by atoms with E-state index in [0.29, 0.717) is 0 Å². The van der Waals surface area contributed by atoms with E-state index in [0.717, 1.165) is 12.0 Å². The lowest BCUT2D eigenvalue weighted by Crippen LogP contribution is -2.19. The molecule has 2 N–H and O–H groups in total. The summed E-state index contributed by atoms with van der Waals surface area (Å²) in [5, 5.41) is 9.61. The molecule has 0 saturated carbocycles. The van der Waals surface area contributed by atoms with Crippen molar-refractivity contribution in [2.75, 3.05) is 7.05 Å². The summed E-state index contributed by atoms with van der Waals surface area (Å²) in [7, 11) is -2.00. The number of benzene rings is 1. The van der Waals surface area contributed by atoms with Gasteiger partial charge in [-0.15, -0.1) is 0 Å². The molecule has 0 aromatic heterocycles. The first-order valence-electron chi connectivity index (χ1n) is 5.64. The van der Waals surface area contributed by atoms with Crippen LogP contribution >= 0.6 is 0 Å². The number of aliphatic hydroxyl groups excluding tert-OH is 1. The second-order valence-corrected chi connectivity index (χ2v) is 5.92. The van der Waals surface area contributed by atoms with E-state index in [-0.39, 0.29) is 10.8 Å². The summed E-state index contributed by atoms with van der Waals surface area (Å²) in [6.07, 6.45) is 0.377. The molecular formula is C12H19NO3S. The van der Waals surface area contributed by atoms with Gasteiger partial charge >= 0.3 is 0 Å². The van der Waals surface area contributed by atoms with Crippen molar-refractivity contribution in [1.29, 1.82) is 0 Å². The standard InChI is InChI=1S/C12H19NO3S/c1-4-12(9(2)14)10-5-7-11(8-6-10)17(15,16)13-3/h5-9,12-14H,4H2,1-3H3. The fourth-order valence-electron chi connectivity index (χ4n) is 1.87. The SMILES string of the molecule is CCC(c1ccc(S(=O)(=O)NC)cc1)C(C)O. The average Bonchev–Trinajstić information content (AvgIpc) is 2.30. The monoisotopic (exact) mass is 257 g/mol. The van der Waals surface area contributed by atoms with Crippen LogP contribution in [0.1, 0.15) is 31.7 Å². The zero-order chi connectivity index (χ0) is 13.1. The van der Waals surface area contributed by atoms with Crippen LogP contribution in [-0.4, -0.2) is 26.7 Å². The first-order valence-corrected chi connectivity index (χ1v) is 7.12.